The summed E-state index contributed by atoms with van der Waals surface area (Å²) in [6.45, 7) is 1.60. The molecule has 0 aliphatic carbocycles. The van der Waals surface area contributed by atoms with Crippen LogP contribution in [0.1, 0.15) is 21.5 Å². The summed E-state index contributed by atoms with van der Waals surface area (Å²) in [4.78, 5) is 19.2. The van der Waals surface area contributed by atoms with Crippen LogP contribution in [0.15, 0.2) is 60.8 Å². The Kier molecular flexibility index (Phi) is 4.09. The molecule has 6 nitrogen and oxygen atoms in total. The molecule has 1 amide bonds. The molecule has 3 aromatic rings. The van der Waals surface area contributed by atoms with E-state index in [0.29, 0.717) is 23.7 Å². The Morgan fingerprint density at radius 3 is 2.79 bits per heavy atom. The topological polar surface area (TPSA) is 63.7 Å². The van der Waals surface area contributed by atoms with E-state index in [4.69, 9.17) is 9.47 Å². The van der Waals surface area contributed by atoms with E-state index in [0.717, 1.165) is 24.4 Å². The first kappa shape index (κ1) is 16.6. The lowest BCUT2D eigenvalue weighted by atomic mass is 9.99. The van der Waals surface area contributed by atoms with Gasteiger partial charge in [0.05, 0.1) is 0 Å². The maximum Gasteiger partial charge on any atom is 0.254 e. The minimum atomic E-state index is 0.0191. The van der Waals surface area contributed by atoms with Crippen molar-refractivity contribution in [1.82, 2.24) is 9.88 Å². The van der Waals surface area contributed by atoms with Gasteiger partial charge in [0.2, 0.25) is 6.79 Å². The highest BCUT2D eigenvalue weighted by atomic mass is 16.7. The molecule has 0 spiro atoms. The summed E-state index contributed by atoms with van der Waals surface area (Å²) in [6, 6.07) is 17.4. The molecule has 140 valence electrons. The average Bonchev–Trinajstić information content (AvgIpc) is 3.21. The third kappa shape index (κ3) is 3.13. The van der Waals surface area contributed by atoms with Crippen LogP contribution in [0.2, 0.25) is 0 Å². The van der Waals surface area contributed by atoms with E-state index in [2.05, 4.69) is 22.4 Å². The third-order valence-corrected chi connectivity index (χ3v) is 5.07. The molecular formula is C22H19N3O3. The molecule has 0 fully saturated rings. The number of hydrogen-bond acceptors (Lipinski definition) is 5. The summed E-state index contributed by atoms with van der Waals surface area (Å²) in [5.74, 6) is 2.06. The lowest BCUT2D eigenvalue weighted by Gasteiger charge is -2.29. The lowest BCUT2D eigenvalue weighted by Crippen LogP contribution is -2.35. The molecule has 3 heterocycles. The number of nitrogens with zero attached hydrogens (tertiary/aromatic N) is 2. The van der Waals surface area contributed by atoms with Gasteiger partial charge in [-0.15, -0.1) is 0 Å². The van der Waals surface area contributed by atoms with Crippen LogP contribution in [0.25, 0.3) is 0 Å². The predicted octanol–water partition coefficient (Wildman–Crippen LogP) is 3.75. The molecule has 0 saturated carbocycles. The molecule has 2 aliphatic heterocycles. The van der Waals surface area contributed by atoms with Crippen LogP contribution < -0.4 is 14.8 Å². The van der Waals surface area contributed by atoms with Gasteiger partial charge >= 0.3 is 0 Å². The highest BCUT2D eigenvalue weighted by Crippen LogP contribution is 2.35. The Bertz CT molecular complexity index is 1050. The molecule has 0 saturated heterocycles. The van der Waals surface area contributed by atoms with Crippen LogP contribution in [-0.4, -0.2) is 29.1 Å². The molecular weight excluding hydrogens is 354 g/mol. The van der Waals surface area contributed by atoms with Gasteiger partial charge in [0.1, 0.15) is 5.82 Å². The SMILES string of the molecule is O=C(c1ccnc(Nc2ccc3c(c2)OCO3)c1)N1CCc2ccccc2C1. The first-order valence-corrected chi connectivity index (χ1v) is 9.25. The van der Waals surface area contributed by atoms with E-state index in [-0.39, 0.29) is 12.7 Å². The second-order valence-corrected chi connectivity index (χ2v) is 6.87. The molecule has 5 rings (SSSR count). The van der Waals surface area contributed by atoms with E-state index >= 15 is 0 Å². The van der Waals surface area contributed by atoms with Crippen LogP contribution >= 0.6 is 0 Å². The normalized spacial score (nSPS) is 14.5. The fraction of sp³-hybridized carbons (Fsp3) is 0.182. The molecule has 28 heavy (non-hydrogen) atoms. The average molecular weight is 373 g/mol. The highest BCUT2D eigenvalue weighted by Gasteiger charge is 2.22. The minimum absolute atomic E-state index is 0.0191. The fourth-order valence-electron chi connectivity index (χ4n) is 3.61. The van der Waals surface area contributed by atoms with Gasteiger partial charge in [-0.25, -0.2) is 4.98 Å². The summed E-state index contributed by atoms with van der Waals surface area (Å²) >= 11 is 0. The molecule has 6 heteroatoms. The third-order valence-electron chi connectivity index (χ3n) is 5.07. The van der Waals surface area contributed by atoms with Gasteiger partial charge in [0, 0.05) is 36.6 Å². The number of hydrogen-bond donors (Lipinski definition) is 1. The molecule has 0 unspecified atom stereocenters. The van der Waals surface area contributed by atoms with Crippen molar-refractivity contribution in [2.24, 2.45) is 0 Å². The summed E-state index contributed by atoms with van der Waals surface area (Å²) < 4.78 is 10.7. The summed E-state index contributed by atoms with van der Waals surface area (Å²) in [6.07, 6.45) is 2.54. The number of rotatable bonds is 3. The smallest absolute Gasteiger partial charge is 0.254 e. The monoisotopic (exact) mass is 373 g/mol. The van der Waals surface area contributed by atoms with Crippen molar-refractivity contribution in [2.75, 3.05) is 18.7 Å². The van der Waals surface area contributed by atoms with Crippen LogP contribution in [0.4, 0.5) is 11.5 Å². The number of ether oxygens (including phenoxy) is 2. The molecule has 2 aliphatic rings. The van der Waals surface area contributed by atoms with Crippen molar-refractivity contribution in [3.8, 4) is 11.5 Å². The zero-order valence-electron chi connectivity index (χ0n) is 15.2. The van der Waals surface area contributed by atoms with Crippen molar-refractivity contribution < 1.29 is 14.3 Å². The van der Waals surface area contributed by atoms with E-state index < -0.39 is 0 Å². The first-order chi connectivity index (χ1) is 13.8. The van der Waals surface area contributed by atoms with Crippen molar-refractivity contribution >= 4 is 17.4 Å². The molecule has 1 aromatic heterocycles. The second-order valence-electron chi connectivity index (χ2n) is 6.87. The van der Waals surface area contributed by atoms with Crippen molar-refractivity contribution in [3.05, 3.63) is 77.5 Å². The van der Waals surface area contributed by atoms with Crippen molar-refractivity contribution in [1.29, 1.82) is 0 Å². The number of benzene rings is 2. The number of pyridine rings is 1. The molecule has 2 aromatic carbocycles. The number of anilines is 2. The number of carbonyl (C=O) groups excluding carboxylic acids is 1. The minimum Gasteiger partial charge on any atom is -0.454 e. The van der Waals surface area contributed by atoms with Gasteiger partial charge in [0.25, 0.3) is 5.91 Å². The van der Waals surface area contributed by atoms with Crippen molar-refractivity contribution in [3.63, 3.8) is 0 Å². The Labute approximate surface area is 162 Å². The maximum absolute atomic E-state index is 13.0. The first-order valence-electron chi connectivity index (χ1n) is 9.25. The Morgan fingerprint density at radius 1 is 1.00 bits per heavy atom. The van der Waals surface area contributed by atoms with Gasteiger partial charge < -0.3 is 19.7 Å². The number of aromatic nitrogens is 1. The molecule has 1 N–H and O–H groups in total. The summed E-state index contributed by atoms with van der Waals surface area (Å²) in [5.41, 5.74) is 3.99. The predicted molar refractivity (Wildman–Crippen MR) is 105 cm³/mol. The van der Waals surface area contributed by atoms with Crippen molar-refractivity contribution in [2.45, 2.75) is 13.0 Å². The maximum atomic E-state index is 13.0. The van der Waals surface area contributed by atoms with Crippen LogP contribution in [0, 0.1) is 0 Å². The fourth-order valence-corrected chi connectivity index (χ4v) is 3.61. The molecule has 0 bridgehead atoms. The zero-order valence-corrected chi connectivity index (χ0v) is 15.2. The van der Waals surface area contributed by atoms with E-state index in [1.807, 2.05) is 35.2 Å². The van der Waals surface area contributed by atoms with Gasteiger partial charge in [-0.05, 0) is 41.8 Å². The van der Waals surface area contributed by atoms with Crippen LogP contribution in [0.3, 0.4) is 0 Å². The number of fused-ring (bicyclic) bond motifs is 2. The van der Waals surface area contributed by atoms with Crippen LogP contribution in [0.5, 0.6) is 11.5 Å². The van der Waals surface area contributed by atoms with Gasteiger partial charge in [-0.2, -0.15) is 0 Å². The van der Waals surface area contributed by atoms with Gasteiger partial charge in [-0.1, -0.05) is 24.3 Å². The van der Waals surface area contributed by atoms with E-state index in [1.165, 1.54) is 11.1 Å². The standard InChI is InChI=1S/C22H19N3O3/c26-22(25-10-8-15-3-1-2-4-17(15)13-25)16-7-9-23-21(11-16)24-18-5-6-19-20(12-18)28-14-27-19/h1-7,9,11-12H,8,10,13-14H2,(H,23,24). The summed E-state index contributed by atoms with van der Waals surface area (Å²) in [5, 5.41) is 3.23. The Balaban J connectivity index is 1.33. The van der Waals surface area contributed by atoms with E-state index in [1.54, 1.807) is 18.3 Å². The largest absolute Gasteiger partial charge is 0.454 e. The van der Waals surface area contributed by atoms with E-state index in [9.17, 15) is 4.79 Å². The Hall–Kier alpha value is -3.54. The second kappa shape index (κ2) is 6.88. The number of amides is 1. The number of carbonyl (C=O) groups is 1. The number of nitrogens with one attached hydrogen (secondary N) is 1. The summed E-state index contributed by atoms with van der Waals surface area (Å²) in [7, 11) is 0. The van der Waals surface area contributed by atoms with Gasteiger partial charge in [0.15, 0.2) is 11.5 Å². The highest BCUT2D eigenvalue weighted by molar-refractivity contribution is 5.95. The molecule has 0 radical (unpaired) electrons. The Morgan fingerprint density at radius 2 is 1.86 bits per heavy atom. The van der Waals surface area contributed by atoms with Gasteiger partial charge in [-0.3, -0.25) is 4.79 Å². The van der Waals surface area contributed by atoms with Crippen LogP contribution in [-0.2, 0) is 13.0 Å². The lowest BCUT2D eigenvalue weighted by molar-refractivity contribution is 0.0734. The molecule has 0 atom stereocenters. The quantitative estimate of drug-likeness (QED) is 0.758. The zero-order chi connectivity index (χ0) is 18.9.